The van der Waals surface area contributed by atoms with E-state index in [0.29, 0.717) is 29.4 Å². The molecule has 4 aromatic carbocycles. The quantitative estimate of drug-likeness (QED) is 0.146. The standard InChI is InChI=1S/C39H37BClN5O3/c1-37(2)38(3,4)49-40(48-37)31-22-32-33-35(34(31)41)43-25-44-36(33)45(20-21-47-32)24-30-23-42-26-46(30)39(27-14-8-5-9-15-27,28-16-10-6-11-17-28)29-18-12-7-13-19-29/h5-23,26,43H,24-25H2,1-4H3. The van der Waals surface area contributed by atoms with Gasteiger partial charge < -0.3 is 28.8 Å². The molecule has 1 saturated heterocycles. The van der Waals surface area contributed by atoms with Crippen LogP contribution < -0.4 is 15.5 Å². The van der Waals surface area contributed by atoms with Crippen LogP contribution in [0.1, 0.15) is 55.6 Å². The zero-order valence-electron chi connectivity index (χ0n) is 27.9. The largest absolute Gasteiger partial charge is 0.496 e. The van der Waals surface area contributed by atoms with E-state index < -0.39 is 23.9 Å². The van der Waals surface area contributed by atoms with Crippen molar-refractivity contribution in [1.29, 1.82) is 0 Å². The van der Waals surface area contributed by atoms with Gasteiger partial charge in [0.1, 0.15) is 30.1 Å². The van der Waals surface area contributed by atoms with Crippen molar-refractivity contribution in [2.75, 3.05) is 12.0 Å². The van der Waals surface area contributed by atoms with Gasteiger partial charge in [0.2, 0.25) is 0 Å². The number of benzene rings is 4. The van der Waals surface area contributed by atoms with Crippen molar-refractivity contribution in [2.24, 2.45) is 4.99 Å². The number of imidazole rings is 1. The number of anilines is 1. The maximum atomic E-state index is 7.16. The van der Waals surface area contributed by atoms with E-state index in [-0.39, 0.29) is 0 Å². The summed E-state index contributed by atoms with van der Waals surface area (Å²) in [4.78, 5) is 11.8. The average Bonchev–Trinajstić information content (AvgIpc) is 3.60. The van der Waals surface area contributed by atoms with E-state index in [2.05, 4.69) is 106 Å². The summed E-state index contributed by atoms with van der Waals surface area (Å²) >= 11 is 7.16. The van der Waals surface area contributed by atoms with Crippen LogP contribution in [0, 0.1) is 0 Å². The summed E-state index contributed by atoms with van der Waals surface area (Å²) in [7, 11) is -0.647. The highest BCUT2D eigenvalue weighted by Gasteiger charge is 2.53. The van der Waals surface area contributed by atoms with E-state index in [1.165, 1.54) is 0 Å². The Bertz CT molecular complexity index is 1950. The lowest BCUT2D eigenvalue weighted by atomic mass is 9.76. The minimum Gasteiger partial charge on any atom is -0.463 e. The summed E-state index contributed by atoms with van der Waals surface area (Å²) in [6.07, 6.45) is 7.47. The predicted molar refractivity (Wildman–Crippen MR) is 194 cm³/mol. The van der Waals surface area contributed by atoms with Gasteiger partial charge in [-0.2, -0.15) is 0 Å². The smallest absolute Gasteiger partial charge is 0.463 e. The number of aromatic nitrogens is 2. The molecule has 1 fully saturated rings. The molecule has 8 nitrogen and oxygen atoms in total. The number of rotatable bonds is 7. The molecule has 0 radical (unpaired) electrons. The number of nitrogens with one attached hydrogen (secondary N) is 1. The van der Waals surface area contributed by atoms with E-state index >= 15 is 0 Å². The molecule has 49 heavy (non-hydrogen) atoms. The third-order valence-corrected chi connectivity index (χ3v) is 10.6. The number of amidine groups is 1. The predicted octanol–water partition coefficient (Wildman–Crippen LogP) is 7.17. The van der Waals surface area contributed by atoms with Crippen LogP contribution in [-0.4, -0.2) is 45.3 Å². The molecule has 0 bridgehead atoms. The van der Waals surface area contributed by atoms with Gasteiger partial charge in [-0.15, -0.1) is 0 Å². The summed E-state index contributed by atoms with van der Waals surface area (Å²) in [5.41, 5.74) is 4.84. The van der Waals surface area contributed by atoms with Crippen LogP contribution in [0.2, 0.25) is 5.02 Å². The van der Waals surface area contributed by atoms with Crippen molar-refractivity contribution < 1.29 is 14.0 Å². The van der Waals surface area contributed by atoms with Gasteiger partial charge in [-0.1, -0.05) is 103 Å². The normalized spacial score (nSPS) is 17.5. The lowest BCUT2D eigenvalue weighted by Gasteiger charge is -2.39. The first kappa shape index (κ1) is 31.4. The first-order valence-electron chi connectivity index (χ1n) is 16.5. The molecule has 5 aromatic rings. The molecule has 3 aliphatic heterocycles. The van der Waals surface area contributed by atoms with E-state index in [9.17, 15) is 0 Å². The third kappa shape index (κ3) is 5.07. The molecular formula is C39H37BClN5O3. The molecule has 1 aromatic heterocycles. The fourth-order valence-corrected chi connectivity index (χ4v) is 7.34. The Morgan fingerprint density at radius 1 is 0.857 bits per heavy atom. The Kier molecular flexibility index (Phi) is 7.67. The molecule has 4 heterocycles. The molecule has 0 saturated carbocycles. The summed E-state index contributed by atoms with van der Waals surface area (Å²) in [5.74, 6) is 1.37. The van der Waals surface area contributed by atoms with Crippen molar-refractivity contribution in [3.63, 3.8) is 0 Å². The fourth-order valence-electron chi connectivity index (χ4n) is 7.03. The molecule has 0 spiro atoms. The summed E-state index contributed by atoms with van der Waals surface area (Å²) in [6.45, 7) is 8.92. The molecule has 0 unspecified atom stereocenters. The maximum absolute atomic E-state index is 7.16. The Hall–Kier alpha value is -4.83. The SMILES string of the molecule is CC1(C)OB(c2cc3c4c(c2Cl)NCN=C4N(Cc2cncn2C(c2ccccc2)(c2ccccc2)c2ccccc2)C=CO3)OC1(C)C. The highest BCUT2D eigenvalue weighted by Crippen LogP contribution is 2.44. The highest BCUT2D eigenvalue weighted by molar-refractivity contribution is 6.66. The maximum Gasteiger partial charge on any atom is 0.496 e. The molecule has 10 heteroatoms. The van der Waals surface area contributed by atoms with Gasteiger partial charge in [0.25, 0.3) is 0 Å². The molecule has 8 rings (SSSR count). The highest BCUT2D eigenvalue weighted by atomic mass is 35.5. The van der Waals surface area contributed by atoms with E-state index in [1.807, 2.05) is 52.5 Å². The Balaban J connectivity index is 1.23. The third-order valence-electron chi connectivity index (χ3n) is 10.2. The number of halogens is 1. The van der Waals surface area contributed by atoms with Crippen LogP contribution in [0.3, 0.4) is 0 Å². The van der Waals surface area contributed by atoms with E-state index in [1.54, 1.807) is 6.26 Å². The van der Waals surface area contributed by atoms with Crippen molar-refractivity contribution >= 4 is 35.7 Å². The zero-order valence-corrected chi connectivity index (χ0v) is 28.7. The molecule has 0 amide bonds. The number of hydrogen-bond donors (Lipinski definition) is 1. The first-order chi connectivity index (χ1) is 23.7. The molecule has 246 valence electrons. The number of aliphatic imine (C=N–C) groups is 1. The lowest BCUT2D eigenvalue weighted by molar-refractivity contribution is 0.00578. The van der Waals surface area contributed by atoms with Gasteiger partial charge in [-0.05, 0) is 50.5 Å². The number of ether oxygens (including phenoxy) is 1. The molecule has 0 atom stereocenters. The number of hydrogen-bond acceptors (Lipinski definition) is 7. The van der Waals surface area contributed by atoms with Crippen molar-refractivity contribution in [2.45, 2.75) is 51.0 Å². The van der Waals surface area contributed by atoms with Crippen LogP contribution >= 0.6 is 11.6 Å². The van der Waals surface area contributed by atoms with E-state index in [4.69, 9.17) is 35.6 Å². The molecule has 0 aliphatic carbocycles. The van der Waals surface area contributed by atoms with Crippen LogP contribution in [0.25, 0.3) is 0 Å². The molecule has 1 N–H and O–H groups in total. The van der Waals surface area contributed by atoms with Gasteiger partial charge in [-0.25, -0.2) is 9.98 Å². The average molecular weight is 670 g/mol. The van der Waals surface area contributed by atoms with Crippen molar-refractivity contribution in [3.8, 4) is 5.75 Å². The minimum absolute atomic E-state index is 0.347. The van der Waals surface area contributed by atoms with Crippen LogP contribution in [0.15, 0.2) is 127 Å². The lowest BCUT2D eigenvalue weighted by Crippen LogP contribution is -2.41. The molecule has 3 aliphatic rings. The Morgan fingerprint density at radius 3 is 2.00 bits per heavy atom. The fraction of sp³-hybridized carbons (Fsp3) is 0.231. The van der Waals surface area contributed by atoms with Crippen LogP contribution in [0.5, 0.6) is 5.75 Å². The van der Waals surface area contributed by atoms with Crippen LogP contribution in [-0.2, 0) is 21.4 Å². The van der Waals surface area contributed by atoms with Gasteiger partial charge in [0, 0.05) is 11.7 Å². The van der Waals surface area contributed by atoms with E-state index in [0.717, 1.165) is 39.5 Å². The monoisotopic (exact) mass is 669 g/mol. The Labute approximate surface area is 292 Å². The van der Waals surface area contributed by atoms with Gasteiger partial charge in [-0.3, -0.25) is 0 Å². The first-order valence-corrected chi connectivity index (χ1v) is 16.9. The van der Waals surface area contributed by atoms with Gasteiger partial charge in [0.05, 0.1) is 52.2 Å². The second-order valence-corrected chi connectivity index (χ2v) is 13.9. The summed E-state index contributed by atoms with van der Waals surface area (Å²) in [6, 6.07) is 33.7. The number of nitrogens with zero attached hydrogens (tertiary/aromatic N) is 4. The van der Waals surface area contributed by atoms with Gasteiger partial charge in [0.15, 0.2) is 0 Å². The second-order valence-electron chi connectivity index (χ2n) is 13.5. The second kappa shape index (κ2) is 11.9. The summed E-state index contributed by atoms with van der Waals surface area (Å²) < 4.78 is 21.3. The Morgan fingerprint density at radius 2 is 1.43 bits per heavy atom. The van der Waals surface area contributed by atoms with Crippen molar-refractivity contribution in [3.05, 3.63) is 155 Å². The topological polar surface area (TPSA) is 73.1 Å². The van der Waals surface area contributed by atoms with Crippen LogP contribution in [0.4, 0.5) is 5.69 Å². The minimum atomic E-state index is -0.707. The molecular weight excluding hydrogens is 633 g/mol. The van der Waals surface area contributed by atoms with Crippen molar-refractivity contribution in [1.82, 2.24) is 14.5 Å². The zero-order chi connectivity index (χ0) is 33.8. The summed E-state index contributed by atoms with van der Waals surface area (Å²) in [5, 5.41) is 3.92. The van der Waals surface area contributed by atoms with Gasteiger partial charge >= 0.3 is 7.12 Å².